The molecule has 0 heterocycles. The number of hydrogen-bond acceptors (Lipinski definition) is 2. The van der Waals surface area contributed by atoms with Gasteiger partial charge in [0, 0.05) is 18.1 Å². The molecular weight excluding hydrogens is 244 g/mol. The van der Waals surface area contributed by atoms with Gasteiger partial charge in [0.15, 0.2) is 0 Å². The van der Waals surface area contributed by atoms with E-state index in [9.17, 15) is 4.79 Å². The smallest absolute Gasteiger partial charge is 0.228 e. The maximum atomic E-state index is 11.4. The van der Waals surface area contributed by atoms with Gasteiger partial charge in [-0.1, -0.05) is 28.1 Å². The fourth-order valence-corrected chi connectivity index (χ4v) is 1.71. The number of halogens is 1. The van der Waals surface area contributed by atoms with E-state index in [0.717, 1.165) is 10.0 Å². The molecule has 1 aromatic carbocycles. The van der Waals surface area contributed by atoms with Crippen molar-refractivity contribution >= 4 is 21.8 Å². The van der Waals surface area contributed by atoms with Gasteiger partial charge >= 0.3 is 0 Å². The Labute approximate surface area is 91.8 Å². The number of benzene rings is 1. The molecule has 0 bridgehead atoms. The van der Waals surface area contributed by atoms with Crippen molar-refractivity contribution in [2.45, 2.75) is 5.92 Å². The molecule has 0 aliphatic heterocycles. The summed E-state index contributed by atoms with van der Waals surface area (Å²) in [7, 11) is 1.61. The molecule has 0 fully saturated rings. The fraction of sp³-hybridized carbons (Fsp3) is 0.300. The zero-order chi connectivity index (χ0) is 10.6. The van der Waals surface area contributed by atoms with Crippen molar-refractivity contribution in [2.24, 2.45) is 5.73 Å². The van der Waals surface area contributed by atoms with E-state index in [1.165, 1.54) is 0 Å². The average Bonchev–Trinajstić information content (AvgIpc) is 2.19. The van der Waals surface area contributed by atoms with Crippen LogP contribution < -0.4 is 11.1 Å². The van der Waals surface area contributed by atoms with Crippen LogP contribution in [0.3, 0.4) is 0 Å². The Kier molecular flexibility index (Phi) is 4.10. The van der Waals surface area contributed by atoms with Gasteiger partial charge in [-0.05, 0) is 17.7 Å². The Hall–Kier alpha value is -0.870. The standard InChI is InChI=1S/C10H13BrN2O/c1-13-10(14)9(6-12)7-3-2-4-8(11)5-7/h2-5,9H,6,12H2,1H3,(H,13,14). The second kappa shape index (κ2) is 5.12. The van der Waals surface area contributed by atoms with Crippen LogP contribution in [0.25, 0.3) is 0 Å². The van der Waals surface area contributed by atoms with Gasteiger partial charge in [-0.15, -0.1) is 0 Å². The number of hydrogen-bond donors (Lipinski definition) is 2. The Morgan fingerprint density at radius 2 is 2.36 bits per heavy atom. The summed E-state index contributed by atoms with van der Waals surface area (Å²) < 4.78 is 0.956. The van der Waals surface area contributed by atoms with E-state index in [1.54, 1.807) is 7.05 Å². The van der Waals surface area contributed by atoms with Crippen molar-refractivity contribution in [3.8, 4) is 0 Å². The number of rotatable bonds is 3. The summed E-state index contributed by atoms with van der Waals surface area (Å²) >= 11 is 3.36. The first-order valence-electron chi connectivity index (χ1n) is 4.36. The number of carbonyl (C=O) groups is 1. The van der Waals surface area contributed by atoms with Crippen LogP contribution in [0.15, 0.2) is 28.7 Å². The van der Waals surface area contributed by atoms with Gasteiger partial charge in [0.25, 0.3) is 0 Å². The number of nitrogens with two attached hydrogens (primary N) is 1. The predicted molar refractivity (Wildman–Crippen MR) is 60.0 cm³/mol. The molecule has 0 spiro atoms. The van der Waals surface area contributed by atoms with Crippen molar-refractivity contribution < 1.29 is 4.79 Å². The highest BCUT2D eigenvalue weighted by atomic mass is 79.9. The highest BCUT2D eigenvalue weighted by molar-refractivity contribution is 9.10. The fourth-order valence-electron chi connectivity index (χ4n) is 1.29. The van der Waals surface area contributed by atoms with Crippen LogP contribution in [0.2, 0.25) is 0 Å². The highest BCUT2D eigenvalue weighted by Crippen LogP contribution is 2.19. The van der Waals surface area contributed by atoms with Gasteiger partial charge in [-0.2, -0.15) is 0 Å². The minimum Gasteiger partial charge on any atom is -0.359 e. The molecule has 1 aromatic rings. The van der Waals surface area contributed by atoms with E-state index in [1.807, 2.05) is 24.3 Å². The minimum atomic E-state index is -0.266. The molecule has 4 heteroatoms. The summed E-state index contributed by atoms with van der Waals surface area (Å²) in [5.41, 5.74) is 6.49. The van der Waals surface area contributed by atoms with Gasteiger partial charge in [-0.3, -0.25) is 4.79 Å². The van der Waals surface area contributed by atoms with Gasteiger partial charge in [0.2, 0.25) is 5.91 Å². The predicted octanol–water partition coefficient (Wildman–Crippen LogP) is 1.24. The van der Waals surface area contributed by atoms with Crippen LogP contribution in [-0.4, -0.2) is 19.5 Å². The van der Waals surface area contributed by atoms with Gasteiger partial charge in [-0.25, -0.2) is 0 Å². The SMILES string of the molecule is CNC(=O)C(CN)c1cccc(Br)c1. The second-order valence-corrected chi connectivity index (χ2v) is 3.87. The lowest BCUT2D eigenvalue weighted by Crippen LogP contribution is -2.30. The molecule has 0 aromatic heterocycles. The zero-order valence-electron chi connectivity index (χ0n) is 7.96. The number of amides is 1. The summed E-state index contributed by atoms with van der Waals surface area (Å²) in [6.07, 6.45) is 0. The van der Waals surface area contributed by atoms with Crippen LogP contribution in [0.5, 0.6) is 0 Å². The maximum Gasteiger partial charge on any atom is 0.228 e. The third-order valence-electron chi connectivity index (χ3n) is 2.05. The van der Waals surface area contributed by atoms with Crippen molar-refractivity contribution in [1.29, 1.82) is 0 Å². The molecule has 1 unspecified atom stereocenters. The van der Waals surface area contributed by atoms with E-state index >= 15 is 0 Å². The molecule has 1 rings (SSSR count). The lowest BCUT2D eigenvalue weighted by atomic mass is 9.99. The lowest BCUT2D eigenvalue weighted by molar-refractivity contribution is -0.121. The zero-order valence-corrected chi connectivity index (χ0v) is 9.54. The molecule has 0 saturated carbocycles. The number of carbonyl (C=O) groups excluding carboxylic acids is 1. The van der Waals surface area contributed by atoms with Crippen molar-refractivity contribution in [3.05, 3.63) is 34.3 Å². The summed E-state index contributed by atoms with van der Waals surface area (Å²) in [4.78, 5) is 11.4. The van der Waals surface area contributed by atoms with Crippen LogP contribution in [-0.2, 0) is 4.79 Å². The van der Waals surface area contributed by atoms with Crippen molar-refractivity contribution in [2.75, 3.05) is 13.6 Å². The summed E-state index contributed by atoms with van der Waals surface area (Å²) in [6, 6.07) is 7.62. The molecule has 0 aliphatic carbocycles. The van der Waals surface area contributed by atoms with E-state index in [2.05, 4.69) is 21.2 Å². The highest BCUT2D eigenvalue weighted by Gasteiger charge is 2.17. The number of nitrogens with one attached hydrogen (secondary N) is 1. The molecule has 0 saturated heterocycles. The van der Waals surface area contributed by atoms with Crippen LogP contribution in [0, 0.1) is 0 Å². The Morgan fingerprint density at radius 1 is 1.64 bits per heavy atom. The minimum absolute atomic E-state index is 0.0504. The third-order valence-corrected chi connectivity index (χ3v) is 2.54. The molecule has 1 atom stereocenters. The summed E-state index contributed by atoms with van der Waals surface area (Å²) in [5, 5.41) is 2.60. The molecule has 76 valence electrons. The van der Waals surface area contributed by atoms with Crippen LogP contribution in [0.1, 0.15) is 11.5 Å². The van der Waals surface area contributed by atoms with Gasteiger partial charge < -0.3 is 11.1 Å². The van der Waals surface area contributed by atoms with Gasteiger partial charge in [0.1, 0.15) is 0 Å². The molecule has 0 radical (unpaired) electrons. The van der Waals surface area contributed by atoms with E-state index in [-0.39, 0.29) is 11.8 Å². The topological polar surface area (TPSA) is 55.1 Å². The molecule has 0 aliphatic rings. The second-order valence-electron chi connectivity index (χ2n) is 2.96. The van der Waals surface area contributed by atoms with E-state index in [0.29, 0.717) is 6.54 Å². The van der Waals surface area contributed by atoms with E-state index in [4.69, 9.17) is 5.73 Å². The molecule has 14 heavy (non-hydrogen) atoms. The quantitative estimate of drug-likeness (QED) is 0.855. The van der Waals surface area contributed by atoms with Crippen molar-refractivity contribution in [3.63, 3.8) is 0 Å². The maximum absolute atomic E-state index is 11.4. The lowest BCUT2D eigenvalue weighted by Gasteiger charge is -2.13. The van der Waals surface area contributed by atoms with Crippen molar-refractivity contribution in [1.82, 2.24) is 5.32 Å². The third kappa shape index (κ3) is 2.56. The van der Waals surface area contributed by atoms with Crippen LogP contribution >= 0.6 is 15.9 Å². The first kappa shape index (κ1) is 11.2. The Bertz CT molecular complexity index is 328. The molecule has 1 amide bonds. The normalized spacial score (nSPS) is 12.2. The first-order chi connectivity index (χ1) is 6.69. The molecule has 3 nitrogen and oxygen atoms in total. The largest absolute Gasteiger partial charge is 0.359 e. The average molecular weight is 257 g/mol. The molecule has 3 N–H and O–H groups in total. The summed E-state index contributed by atoms with van der Waals surface area (Å²) in [6.45, 7) is 0.316. The monoisotopic (exact) mass is 256 g/mol. The van der Waals surface area contributed by atoms with Crippen LogP contribution in [0.4, 0.5) is 0 Å². The Morgan fingerprint density at radius 3 is 2.86 bits per heavy atom. The first-order valence-corrected chi connectivity index (χ1v) is 5.15. The Balaban J connectivity index is 2.94. The molecular formula is C10H13BrN2O. The number of likely N-dealkylation sites (N-methyl/N-ethyl adjacent to an activating group) is 1. The van der Waals surface area contributed by atoms with E-state index < -0.39 is 0 Å². The van der Waals surface area contributed by atoms with Gasteiger partial charge in [0.05, 0.1) is 5.92 Å². The summed E-state index contributed by atoms with van der Waals surface area (Å²) in [5.74, 6) is -0.317.